The molecule has 0 spiro atoms. The van der Waals surface area contributed by atoms with Crippen LogP contribution in [0.4, 0.5) is 5.69 Å². The van der Waals surface area contributed by atoms with Gasteiger partial charge in [-0.15, -0.1) is 0 Å². The van der Waals surface area contributed by atoms with Crippen LogP contribution in [0.3, 0.4) is 0 Å². The Labute approximate surface area is 120 Å². The first-order chi connectivity index (χ1) is 9.95. The van der Waals surface area contributed by atoms with Gasteiger partial charge in [-0.3, -0.25) is 14.8 Å². The zero-order valence-corrected chi connectivity index (χ0v) is 11.7. The predicted molar refractivity (Wildman–Crippen MR) is 71.3 cm³/mol. The van der Waals surface area contributed by atoms with E-state index in [4.69, 9.17) is 10.3 Å². The van der Waals surface area contributed by atoms with E-state index in [9.17, 15) is 15.2 Å². The molecule has 0 aliphatic carbocycles. The average Bonchev–Trinajstić information content (AvgIpc) is 2.76. The second-order valence-electron chi connectivity index (χ2n) is 4.97. The number of hydrogen-bond acceptors (Lipinski definition) is 6. The van der Waals surface area contributed by atoms with Crippen LogP contribution in [-0.2, 0) is 11.8 Å². The minimum Gasteiger partial charge on any atom is -0.390 e. The third-order valence-electron chi connectivity index (χ3n) is 3.64. The molecule has 2 heterocycles. The Morgan fingerprint density at radius 1 is 1.67 bits per heavy atom. The minimum absolute atomic E-state index is 0.119. The summed E-state index contributed by atoms with van der Waals surface area (Å²) in [4.78, 5) is 13.3. The minimum atomic E-state index is -0.946. The molecule has 21 heavy (non-hydrogen) atoms. The number of rotatable bonds is 3. The number of aliphatic hydroxyl groups is 1. The van der Waals surface area contributed by atoms with Gasteiger partial charge in [-0.2, -0.15) is 5.10 Å². The van der Waals surface area contributed by atoms with Gasteiger partial charge in [0.2, 0.25) is 0 Å². The predicted octanol–water partition coefficient (Wildman–Crippen LogP) is 1.61. The van der Waals surface area contributed by atoms with Crippen LogP contribution >= 0.6 is 0 Å². The summed E-state index contributed by atoms with van der Waals surface area (Å²) in [5.74, 6) is 0. The van der Waals surface area contributed by atoms with Crippen molar-refractivity contribution in [2.24, 2.45) is 12.2 Å². The van der Waals surface area contributed by atoms with Crippen molar-refractivity contribution in [2.45, 2.75) is 44.1 Å². The summed E-state index contributed by atoms with van der Waals surface area (Å²) in [5, 5.41) is 28.6. The summed E-state index contributed by atoms with van der Waals surface area (Å²) in [7, 11) is 1.60. The number of nitro groups is 1. The molecule has 0 bridgehead atoms. The van der Waals surface area contributed by atoms with Gasteiger partial charge in [0.1, 0.15) is 18.0 Å². The first-order valence-electron chi connectivity index (χ1n) is 6.49. The van der Waals surface area contributed by atoms with E-state index >= 15 is 0 Å². The lowest BCUT2D eigenvalue weighted by Crippen LogP contribution is -2.34. The molecule has 1 aliphatic rings. The molecule has 0 radical (unpaired) electrons. The molecule has 0 unspecified atom stereocenters. The summed E-state index contributed by atoms with van der Waals surface area (Å²) in [6.07, 6.45) is -0.189. The SMILES string of the molecule is C[C@H]1O[C@H](c2c([N+](=O)[O-])cnn2C)CC[C@@H](N=[N+]=[N-])[C@@H]1O. The third-order valence-corrected chi connectivity index (χ3v) is 3.64. The summed E-state index contributed by atoms with van der Waals surface area (Å²) < 4.78 is 7.12. The highest BCUT2D eigenvalue weighted by molar-refractivity contribution is 5.35. The van der Waals surface area contributed by atoms with E-state index in [2.05, 4.69) is 15.1 Å². The number of aromatic nitrogens is 2. The lowest BCUT2D eigenvalue weighted by molar-refractivity contribution is -0.386. The molecule has 1 N–H and O–H groups in total. The molecule has 0 amide bonds. The molecule has 0 aromatic carbocycles. The molecule has 1 aliphatic heterocycles. The topological polar surface area (TPSA) is 139 Å². The van der Waals surface area contributed by atoms with Crippen LogP contribution in [0.5, 0.6) is 0 Å². The molecule has 1 aromatic rings. The Morgan fingerprint density at radius 3 is 3.00 bits per heavy atom. The highest BCUT2D eigenvalue weighted by Gasteiger charge is 2.36. The zero-order chi connectivity index (χ0) is 15.6. The zero-order valence-electron chi connectivity index (χ0n) is 11.7. The number of nitrogens with zero attached hydrogens (tertiary/aromatic N) is 6. The van der Waals surface area contributed by atoms with Crippen molar-refractivity contribution in [2.75, 3.05) is 0 Å². The first-order valence-corrected chi connectivity index (χ1v) is 6.49. The summed E-state index contributed by atoms with van der Waals surface area (Å²) in [5.41, 5.74) is 8.76. The van der Waals surface area contributed by atoms with Crippen molar-refractivity contribution in [3.05, 3.63) is 32.4 Å². The quantitative estimate of drug-likeness (QED) is 0.296. The van der Waals surface area contributed by atoms with E-state index in [1.807, 2.05) is 0 Å². The van der Waals surface area contributed by atoms with Crippen molar-refractivity contribution in [3.8, 4) is 0 Å². The molecule has 114 valence electrons. The van der Waals surface area contributed by atoms with Crippen molar-refractivity contribution >= 4 is 5.69 Å². The second-order valence-corrected chi connectivity index (χ2v) is 4.97. The third kappa shape index (κ3) is 2.97. The molecular weight excluding hydrogens is 280 g/mol. The average molecular weight is 296 g/mol. The Bertz CT molecular complexity index is 581. The molecule has 10 nitrogen and oxygen atoms in total. The number of hydrogen-bond donors (Lipinski definition) is 1. The molecular formula is C11H16N6O4. The van der Waals surface area contributed by atoms with Crippen LogP contribution in [0.15, 0.2) is 11.3 Å². The Hall–Kier alpha value is -2.16. The van der Waals surface area contributed by atoms with Gasteiger partial charge >= 0.3 is 5.69 Å². The highest BCUT2D eigenvalue weighted by atomic mass is 16.6. The maximum atomic E-state index is 11.1. The van der Waals surface area contributed by atoms with E-state index in [1.165, 1.54) is 10.9 Å². The summed E-state index contributed by atoms with van der Waals surface area (Å²) >= 11 is 0. The van der Waals surface area contributed by atoms with E-state index in [-0.39, 0.29) is 5.69 Å². The van der Waals surface area contributed by atoms with Crippen LogP contribution in [0, 0.1) is 10.1 Å². The van der Waals surface area contributed by atoms with Gasteiger partial charge in [0.15, 0.2) is 0 Å². The van der Waals surface area contributed by atoms with Crippen LogP contribution in [0.25, 0.3) is 10.4 Å². The van der Waals surface area contributed by atoms with Gasteiger partial charge in [0.05, 0.1) is 23.2 Å². The van der Waals surface area contributed by atoms with Crippen molar-refractivity contribution in [1.29, 1.82) is 0 Å². The van der Waals surface area contributed by atoms with Gasteiger partial charge in [-0.05, 0) is 25.3 Å². The highest BCUT2D eigenvalue weighted by Crippen LogP contribution is 2.35. The fourth-order valence-corrected chi connectivity index (χ4v) is 2.56. The Balaban J connectivity index is 2.32. The monoisotopic (exact) mass is 296 g/mol. The maximum Gasteiger partial charge on any atom is 0.312 e. The van der Waals surface area contributed by atoms with Gasteiger partial charge in [0, 0.05) is 12.0 Å². The van der Waals surface area contributed by atoms with Gasteiger partial charge in [0.25, 0.3) is 0 Å². The Morgan fingerprint density at radius 2 is 2.38 bits per heavy atom. The Kier molecular flexibility index (Phi) is 4.41. The fourth-order valence-electron chi connectivity index (χ4n) is 2.56. The molecule has 0 saturated carbocycles. The van der Waals surface area contributed by atoms with Gasteiger partial charge in [-0.25, -0.2) is 0 Å². The molecule has 1 fully saturated rings. The molecule has 4 atom stereocenters. The summed E-state index contributed by atoms with van der Waals surface area (Å²) in [6.45, 7) is 1.64. The first kappa shape index (κ1) is 15.2. The smallest absolute Gasteiger partial charge is 0.312 e. The number of aliphatic hydroxyl groups excluding tert-OH is 1. The van der Waals surface area contributed by atoms with Crippen LogP contribution < -0.4 is 0 Å². The number of aryl methyl sites for hydroxylation is 1. The lowest BCUT2D eigenvalue weighted by atomic mass is 10.0. The van der Waals surface area contributed by atoms with Gasteiger partial charge in [-0.1, -0.05) is 5.11 Å². The fraction of sp³-hybridized carbons (Fsp3) is 0.727. The largest absolute Gasteiger partial charge is 0.390 e. The van der Waals surface area contributed by atoms with Crippen LogP contribution in [0.2, 0.25) is 0 Å². The lowest BCUT2D eigenvalue weighted by Gasteiger charge is -2.22. The maximum absolute atomic E-state index is 11.1. The van der Waals surface area contributed by atoms with Crippen molar-refractivity contribution in [1.82, 2.24) is 9.78 Å². The summed E-state index contributed by atoms with van der Waals surface area (Å²) in [6, 6.07) is -0.609. The van der Waals surface area contributed by atoms with E-state index in [1.54, 1.807) is 14.0 Å². The second kappa shape index (κ2) is 6.08. The van der Waals surface area contributed by atoms with Crippen LogP contribution in [0.1, 0.15) is 31.6 Å². The molecule has 1 aromatic heterocycles. The number of azide groups is 1. The van der Waals surface area contributed by atoms with E-state index in [0.717, 1.165) is 0 Å². The molecule has 10 heteroatoms. The molecule has 1 saturated heterocycles. The standard InChI is InChI=1S/C11H16N6O4/c1-6-11(18)7(14-15-12)3-4-9(21-6)10-8(17(19)20)5-13-16(10)2/h5-7,9,11,18H,3-4H2,1-2H3/t6-,7-,9+,11-/m1/s1. The van der Waals surface area contributed by atoms with Crippen LogP contribution in [-0.4, -0.2) is 38.1 Å². The van der Waals surface area contributed by atoms with Crippen molar-refractivity contribution in [3.63, 3.8) is 0 Å². The molecule has 2 rings (SSSR count). The normalized spacial score (nSPS) is 29.5. The van der Waals surface area contributed by atoms with E-state index < -0.39 is 29.3 Å². The van der Waals surface area contributed by atoms with Gasteiger partial charge < -0.3 is 9.84 Å². The number of ether oxygens (including phenoxy) is 1. The van der Waals surface area contributed by atoms with E-state index in [0.29, 0.717) is 18.5 Å². The van der Waals surface area contributed by atoms with Crippen molar-refractivity contribution < 1.29 is 14.8 Å².